The number of fused-ring (bicyclic) bond motifs is 2. The summed E-state index contributed by atoms with van der Waals surface area (Å²) in [4.78, 5) is 24.9. The maximum Gasteiger partial charge on any atom is 0.159 e. The molecule has 0 unspecified atom stereocenters. The SMILES string of the molecule is Fc1cc2[nH]nc(-c3nc4c(-c5ccccn5)nccc4[nH]3)c2cc1-c1cncnc1. The maximum absolute atomic E-state index is 14.7. The van der Waals surface area contributed by atoms with E-state index in [1.165, 1.54) is 12.4 Å². The highest BCUT2D eigenvalue weighted by Gasteiger charge is 2.18. The summed E-state index contributed by atoms with van der Waals surface area (Å²) in [6.07, 6.45) is 7.98. The monoisotopic (exact) mass is 408 g/mol. The predicted molar refractivity (Wildman–Crippen MR) is 113 cm³/mol. The topological polar surface area (TPSA) is 109 Å². The number of benzene rings is 1. The molecule has 9 heteroatoms. The summed E-state index contributed by atoms with van der Waals surface area (Å²) >= 11 is 0. The molecule has 6 aromatic rings. The van der Waals surface area contributed by atoms with Crippen LogP contribution in [0.5, 0.6) is 0 Å². The van der Waals surface area contributed by atoms with Gasteiger partial charge < -0.3 is 4.98 Å². The summed E-state index contributed by atoms with van der Waals surface area (Å²) in [5, 5.41) is 8.00. The van der Waals surface area contributed by atoms with Crippen molar-refractivity contribution in [3.8, 4) is 34.0 Å². The first kappa shape index (κ1) is 17.3. The van der Waals surface area contributed by atoms with Crippen molar-refractivity contribution in [3.63, 3.8) is 0 Å². The molecule has 0 atom stereocenters. The number of aromatic amines is 2. The molecule has 5 heterocycles. The van der Waals surface area contributed by atoms with Gasteiger partial charge in [-0.05, 0) is 24.3 Å². The number of imidazole rings is 1. The number of pyridine rings is 2. The largest absolute Gasteiger partial charge is 0.336 e. The number of halogens is 1. The molecule has 0 amide bonds. The minimum Gasteiger partial charge on any atom is -0.336 e. The van der Waals surface area contributed by atoms with Crippen molar-refractivity contribution in [2.75, 3.05) is 0 Å². The van der Waals surface area contributed by atoms with E-state index < -0.39 is 0 Å². The van der Waals surface area contributed by atoms with E-state index in [1.54, 1.807) is 30.9 Å². The second kappa shape index (κ2) is 6.77. The number of H-pyrrole nitrogens is 2. The van der Waals surface area contributed by atoms with Crippen molar-refractivity contribution >= 4 is 21.9 Å². The van der Waals surface area contributed by atoms with Gasteiger partial charge in [0.15, 0.2) is 5.82 Å². The first-order valence-corrected chi connectivity index (χ1v) is 9.47. The number of nitrogens with one attached hydrogen (secondary N) is 2. The third-order valence-electron chi connectivity index (χ3n) is 5.05. The van der Waals surface area contributed by atoms with Crippen LogP contribution in [0.15, 0.2) is 67.5 Å². The average Bonchev–Trinajstić information content (AvgIpc) is 3.43. The molecule has 2 N–H and O–H groups in total. The Labute approximate surface area is 174 Å². The Morgan fingerprint density at radius 2 is 1.77 bits per heavy atom. The Morgan fingerprint density at radius 3 is 2.61 bits per heavy atom. The van der Waals surface area contributed by atoms with Crippen LogP contribution in [-0.2, 0) is 0 Å². The van der Waals surface area contributed by atoms with Gasteiger partial charge in [-0.1, -0.05) is 6.07 Å². The molecule has 5 aromatic heterocycles. The summed E-state index contributed by atoms with van der Waals surface area (Å²) in [6, 6.07) is 10.6. The maximum atomic E-state index is 14.7. The first-order valence-electron chi connectivity index (χ1n) is 9.47. The fourth-order valence-corrected chi connectivity index (χ4v) is 3.62. The number of aromatic nitrogens is 8. The second-order valence-corrected chi connectivity index (χ2v) is 6.93. The lowest BCUT2D eigenvalue weighted by molar-refractivity contribution is 0.632. The van der Waals surface area contributed by atoms with Gasteiger partial charge in [0.25, 0.3) is 0 Å². The lowest BCUT2D eigenvalue weighted by Crippen LogP contribution is -1.88. The van der Waals surface area contributed by atoms with Crippen LogP contribution in [0.4, 0.5) is 4.39 Å². The zero-order valence-electron chi connectivity index (χ0n) is 15.9. The molecule has 0 saturated carbocycles. The van der Waals surface area contributed by atoms with Gasteiger partial charge in [0, 0.05) is 47.4 Å². The van der Waals surface area contributed by atoms with Crippen LogP contribution < -0.4 is 0 Å². The fraction of sp³-hybridized carbons (Fsp3) is 0. The molecule has 1 aromatic carbocycles. The van der Waals surface area contributed by atoms with Crippen LogP contribution in [0.2, 0.25) is 0 Å². The average molecular weight is 408 g/mol. The molecule has 0 saturated heterocycles. The van der Waals surface area contributed by atoms with E-state index in [1.807, 2.05) is 24.3 Å². The fourth-order valence-electron chi connectivity index (χ4n) is 3.62. The smallest absolute Gasteiger partial charge is 0.159 e. The Balaban J connectivity index is 1.54. The molecule has 0 aliphatic carbocycles. The normalized spacial score (nSPS) is 11.4. The van der Waals surface area contributed by atoms with E-state index in [4.69, 9.17) is 4.98 Å². The van der Waals surface area contributed by atoms with E-state index in [0.29, 0.717) is 39.4 Å². The zero-order valence-corrected chi connectivity index (χ0v) is 15.9. The lowest BCUT2D eigenvalue weighted by Gasteiger charge is -2.03. The van der Waals surface area contributed by atoms with Crippen LogP contribution in [0.3, 0.4) is 0 Å². The van der Waals surface area contributed by atoms with Crippen molar-refractivity contribution in [2.24, 2.45) is 0 Å². The number of hydrogen-bond donors (Lipinski definition) is 2. The summed E-state index contributed by atoms with van der Waals surface area (Å²) in [7, 11) is 0. The van der Waals surface area contributed by atoms with Gasteiger partial charge >= 0.3 is 0 Å². The summed E-state index contributed by atoms with van der Waals surface area (Å²) in [5.74, 6) is 0.164. The summed E-state index contributed by atoms with van der Waals surface area (Å²) in [6.45, 7) is 0. The van der Waals surface area contributed by atoms with Crippen LogP contribution in [0.1, 0.15) is 0 Å². The van der Waals surface area contributed by atoms with Gasteiger partial charge in [0.2, 0.25) is 0 Å². The van der Waals surface area contributed by atoms with Crippen molar-refractivity contribution < 1.29 is 4.39 Å². The summed E-state index contributed by atoms with van der Waals surface area (Å²) in [5.41, 5.74) is 5.02. The minimum atomic E-state index is -0.385. The Bertz CT molecular complexity index is 1540. The van der Waals surface area contributed by atoms with Gasteiger partial charge in [-0.2, -0.15) is 5.10 Å². The van der Waals surface area contributed by atoms with E-state index in [0.717, 1.165) is 16.6 Å². The molecule has 0 aliphatic rings. The van der Waals surface area contributed by atoms with Gasteiger partial charge in [-0.25, -0.2) is 19.3 Å². The number of rotatable bonds is 3. The molecule has 8 nitrogen and oxygen atoms in total. The third kappa shape index (κ3) is 2.83. The molecule has 148 valence electrons. The predicted octanol–water partition coefficient (Wildman–Crippen LogP) is 4.16. The molecule has 0 fully saturated rings. The lowest BCUT2D eigenvalue weighted by atomic mass is 10.0. The molecule has 0 spiro atoms. The van der Waals surface area contributed by atoms with Crippen molar-refractivity contribution in [1.82, 2.24) is 40.1 Å². The van der Waals surface area contributed by atoms with E-state index in [-0.39, 0.29) is 5.82 Å². The second-order valence-electron chi connectivity index (χ2n) is 6.93. The first-order chi connectivity index (χ1) is 15.3. The Hall–Kier alpha value is -4.53. The number of nitrogens with zero attached hydrogens (tertiary/aromatic N) is 6. The quantitative estimate of drug-likeness (QED) is 0.455. The zero-order chi connectivity index (χ0) is 20.8. The van der Waals surface area contributed by atoms with Crippen molar-refractivity contribution in [3.05, 3.63) is 73.3 Å². The Morgan fingerprint density at radius 1 is 0.871 bits per heavy atom. The molecule has 0 bridgehead atoms. The van der Waals surface area contributed by atoms with Gasteiger partial charge in [0.05, 0.1) is 16.7 Å². The highest BCUT2D eigenvalue weighted by atomic mass is 19.1. The van der Waals surface area contributed by atoms with Crippen LogP contribution in [-0.4, -0.2) is 40.1 Å². The molecular formula is C22H13FN8. The molecular weight excluding hydrogens is 395 g/mol. The Kier molecular flexibility index (Phi) is 3.79. The standard InChI is InChI=1S/C22H13FN8/c23-15-8-18-14(7-13(15)12-9-24-11-25-10-12)19(31-30-18)22-28-17-4-6-27-20(21(17)29-22)16-3-1-2-5-26-16/h1-11H,(H,28,29)(H,30,31). The number of hydrogen-bond acceptors (Lipinski definition) is 6. The van der Waals surface area contributed by atoms with Gasteiger partial charge in [-0.3, -0.25) is 15.1 Å². The van der Waals surface area contributed by atoms with Crippen molar-refractivity contribution in [2.45, 2.75) is 0 Å². The minimum absolute atomic E-state index is 0.385. The van der Waals surface area contributed by atoms with Crippen LogP contribution >= 0.6 is 0 Å². The van der Waals surface area contributed by atoms with Gasteiger partial charge in [-0.15, -0.1) is 0 Å². The molecule has 31 heavy (non-hydrogen) atoms. The highest BCUT2D eigenvalue weighted by molar-refractivity contribution is 5.97. The summed E-state index contributed by atoms with van der Waals surface area (Å²) < 4.78 is 14.7. The van der Waals surface area contributed by atoms with Crippen LogP contribution in [0, 0.1) is 5.82 Å². The molecule has 0 aliphatic heterocycles. The third-order valence-corrected chi connectivity index (χ3v) is 5.05. The van der Waals surface area contributed by atoms with E-state index >= 15 is 0 Å². The molecule has 0 radical (unpaired) electrons. The van der Waals surface area contributed by atoms with E-state index in [2.05, 4.69) is 35.1 Å². The van der Waals surface area contributed by atoms with E-state index in [9.17, 15) is 4.39 Å². The van der Waals surface area contributed by atoms with Gasteiger partial charge in [0.1, 0.15) is 29.0 Å². The van der Waals surface area contributed by atoms with Crippen LogP contribution in [0.25, 0.3) is 56.0 Å². The van der Waals surface area contributed by atoms with Crippen molar-refractivity contribution in [1.29, 1.82) is 0 Å². The molecule has 6 rings (SSSR count). The highest BCUT2D eigenvalue weighted by Crippen LogP contribution is 2.33.